The van der Waals surface area contributed by atoms with Gasteiger partial charge in [0.05, 0.1) is 10.5 Å². The maximum atomic E-state index is 12.8. The first kappa shape index (κ1) is 15.9. The van der Waals surface area contributed by atoms with E-state index in [1.54, 1.807) is 0 Å². The van der Waals surface area contributed by atoms with Crippen LogP contribution < -0.4 is 0 Å². The second-order valence-corrected chi connectivity index (χ2v) is 5.04. The van der Waals surface area contributed by atoms with E-state index >= 15 is 0 Å². The summed E-state index contributed by atoms with van der Waals surface area (Å²) < 4.78 is 58.3. The van der Waals surface area contributed by atoms with Crippen LogP contribution in [0.15, 0.2) is 24.3 Å². The monoisotopic (exact) mass is 311 g/mol. The maximum Gasteiger partial charge on any atom is 0.402 e. The van der Waals surface area contributed by atoms with E-state index in [0.29, 0.717) is 0 Å². The number of benzene rings is 1. The van der Waals surface area contributed by atoms with Gasteiger partial charge in [-0.05, 0) is 6.07 Å². The molecule has 11 heteroatoms. The van der Waals surface area contributed by atoms with Crippen LogP contribution in [0, 0.1) is 10.1 Å². The van der Waals surface area contributed by atoms with Gasteiger partial charge in [-0.25, -0.2) is 4.79 Å². The first-order chi connectivity index (χ1) is 9.04. The lowest BCUT2D eigenvalue weighted by Crippen LogP contribution is -2.34. The van der Waals surface area contributed by atoms with Crippen molar-refractivity contribution in [3.8, 4) is 0 Å². The molecule has 20 heavy (non-hydrogen) atoms. The Morgan fingerprint density at radius 3 is 2.55 bits per heavy atom. The molecule has 0 saturated heterocycles. The highest BCUT2D eigenvalue weighted by Gasteiger charge is 2.45. The third-order valence-electron chi connectivity index (χ3n) is 2.04. The van der Waals surface area contributed by atoms with Crippen molar-refractivity contribution in [1.82, 2.24) is 0 Å². The van der Waals surface area contributed by atoms with Crippen molar-refractivity contribution in [1.29, 1.82) is 0 Å². The Hall–Kier alpha value is -2.14. The van der Waals surface area contributed by atoms with Crippen LogP contribution in [0.5, 0.6) is 0 Å². The Bertz CT molecular complexity index is 643. The Morgan fingerprint density at radius 2 is 2.05 bits per heavy atom. The normalized spacial score (nSPS) is 11.9. The molecule has 0 aromatic heterocycles. The summed E-state index contributed by atoms with van der Waals surface area (Å²) in [5.74, 6) is -1.39. The summed E-state index contributed by atoms with van der Waals surface area (Å²) >= 11 is 0. The van der Waals surface area contributed by atoms with Gasteiger partial charge in [-0.2, -0.15) is 17.2 Å². The van der Waals surface area contributed by atoms with Crippen molar-refractivity contribution in [2.24, 2.45) is 0 Å². The van der Waals surface area contributed by atoms with E-state index in [4.69, 9.17) is 4.55 Å². The molecule has 0 fully saturated rings. The van der Waals surface area contributed by atoms with Gasteiger partial charge in [0.1, 0.15) is 0 Å². The SMILES string of the molecule is O=C(OCC(F)(F)S(=O)(=O)O)c1cccc([N+](=O)[O-])c1. The van der Waals surface area contributed by atoms with Crippen molar-refractivity contribution in [3.05, 3.63) is 39.9 Å². The van der Waals surface area contributed by atoms with Gasteiger partial charge in [0.15, 0.2) is 6.61 Å². The largest absolute Gasteiger partial charge is 0.454 e. The molecule has 1 aromatic carbocycles. The average molecular weight is 311 g/mol. The van der Waals surface area contributed by atoms with Crippen LogP contribution in [0.1, 0.15) is 10.4 Å². The fourth-order valence-corrected chi connectivity index (χ4v) is 1.26. The minimum Gasteiger partial charge on any atom is -0.454 e. The highest BCUT2D eigenvalue weighted by atomic mass is 32.2. The number of hydrogen-bond acceptors (Lipinski definition) is 6. The zero-order chi connectivity index (χ0) is 15.6. The minimum absolute atomic E-state index is 0.412. The molecule has 0 amide bonds. The van der Waals surface area contributed by atoms with E-state index in [1.807, 2.05) is 0 Å². The second-order valence-electron chi connectivity index (χ2n) is 3.50. The summed E-state index contributed by atoms with van der Waals surface area (Å²) in [7, 11) is -5.72. The summed E-state index contributed by atoms with van der Waals surface area (Å²) in [6, 6.07) is 4.01. The van der Waals surface area contributed by atoms with Gasteiger partial charge in [0, 0.05) is 12.1 Å². The van der Waals surface area contributed by atoms with Crippen LogP contribution in [0.3, 0.4) is 0 Å². The zero-order valence-electron chi connectivity index (χ0n) is 9.52. The van der Waals surface area contributed by atoms with Gasteiger partial charge in [0.2, 0.25) is 0 Å². The van der Waals surface area contributed by atoms with Crippen LogP contribution in [0.2, 0.25) is 0 Å². The predicted molar refractivity (Wildman–Crippen MR) is 59.9 cm³/mol. The van der Waals surface area contributed by atoms with Gasteiger partial charge >= 0.3 is 21.3 Å². The Labute approximate surface area is 110 Å². The number of carbonyl (C=O) groups is 1. The van der Waals surface area contributed by atoms with Gasteiger partial charge in [0.25, 0.3) is 5.69 Å². The fraction of sp³-hybridized carbons (Fsp3) is 0.222. The Morgan fingerprint density at radius 1 is 1.45 bits per heavy atom. The van der Waals surface area contributed by atoms with Crippen LogP contribution >= 0.6 is 0 Å². The highest BCUT2D eigenvalue weighted by Crippen LogP contribution is 2.21. The summed E-state index contributed by atoms with van der Waals surface area (Å²) in [4.78, 5) is 21.0. The van der Waals surface area contributed by atoms with Crippen molar-refractivity contribution in [2.75, 3.05) is 6.61 Å². The first-order valence-corrected chi connectivity index (χ1v) is 6.25. The standard InChI is InChI=1S/C9H7F2NO7S/c10-9(11,20(16,17)18)5-19-8(13)6-2-1-3-7(4-6)12(14)15/h1-4H,5H2,(H,16,17,18). The van der Waals surface area contributed by atoms with Crippen LogP contribution in [-0.2, 0) is 14.9 Å². The van der Waals surface area contributed by atoms with Gasteiger partial charge in [-0.3, -0.25) is 14.7 Å². The predicted octanol–water partition coefficient (Wildman–Crippen LogP) is 1.23. The van der Waals surface area contributed by atoms with E-state index in [-0.39, 0.29) is 0 Å². The maximum absolute atomic E-state index is 12.8. The fourth-order valence-electron chi connectivity index (χ4n) is 1.05. The highest BCUT2D eigenvalue weighted by molar-refractivity contribution is 7.86. The third kappa shape index (κ3) is 3.68. The number of nitro benzene ring substituents is 1. The molecule has 0 bridgehead atoms. The smallest absolute Gasteiger partial charge is 0.402 e. The number of ether oxygens (including phenoxy) is 1. The van der Waals surface area contributed by atoms with Crippen molar-refractivity contribution in [3.63, 3.8) is 0 Å². The van der Waals surface area contributed by atoms with E-state index in [1.165, 1.54) is 0 Å². The molecule has 0 spiro atoms. The molecule has 8 nitrogen and oxygen atoms in total. The van der Waals surface area contributed by atoms with Gasteiger partial charge in [-0.1, -0.05) is 6.07 Å². The number of non-ortho nitro benzene ring substituents is 1. The average Bonchev–Trinajstić information content (AvgIpc) is 2.34. The number of rotatable bonds is 5. The van der Waals surface area contributed by atoms with Crippen molar-refractivity contribution >= 4 is 21.8 Å². The molecule has 0 unspecified atom stereocenters. The lowest BCUT2D eigenvalue weighted by atomic mass is 10.2. The molecule has 1 N–H and O–H groups in total. The number of esters is 1. The first-order valence-electron chi connectivity index (χ1n) is 4.81. The Balaban J connectivity index is 2.83. The number of nitrogens with zero attached hydrogens (tertiary/aromatic N) is 1. The third-order valence-corrected chi connectivity index (χ3v) is 2.91. The molecule has 0 radical (unpaired) electrons. The van der Waals surface area contributed by atoms with Crippen molar-refractivity contribution < 1.29 is 36.2 Å². The summed E-state index contributed by atoms with van der Waals surface area (Å²) in [6.45, 7) is -1.91. The van der Waals surface area contributed by atoms with Crippen LogP contribution in [-0.4, -0.2) is 35.7 Å². The molecule has 0 saturated carbocycles. The topological polar surface area (TPSA) is 124 Å². The molecule has 1 aromatic rings. The second kappa shape index (κ2) is 5.46. The van der Waals surface area contributed by atoms with E-state index in [0.717, 1.165) is 24.3 Å². The van der Waals surface area contributed by atoms with Crippen LogP contribution in [0.25, 0.3) is 0 Å². The zero-order valence-corrected chi connectivity index (χ0v) is 10.3. The molecule has 0 aliphatic rings. The summed E-state index contributed by atoms with van der Waals surface area (Å²) in [6.07, 6.45) is 0. The molecular weight excluding hydrogens is 304 g/mol. The van der Waals surface area contributed by atoms with E-state index in [2.05, 4.69) is 4.74 Å². The van der Waals surface area contributed by atoms with E-state index in [9.17, 15) is 32.1 Å². The number of alkyl halides is 2. The van der Waals surface area contributed by atoms with Crippen molar-refractivity contribution in [2.45, 2.75) is 5.25 Å². The number of carbonyl (C=O) groups excluding carboxylic acids is 1. The number of halogens is 2. The van der Waals surface area contributed by atoms with Gasteiger partial charge < -0.3 is 4.74 Å². The lowest BCUT2D eigenvalue weighted by Gasteiger charge is -2.12. The lowest BCUT2D eigenvalue weighted by molar-refractivity contribution is -0.384. The number of nitro groups is 1. The summed E-state index contributed by atoms with van der Waals surface area (Å²) in [5.41, 5.74) is -0.883. The molecular formula is C9H7F2NO7S. The van der Waals surface area contributed by atoms with Crippen LogP contribution in [0.4, 0.5) is 14.5 Å². The molecule has 0 aliphatic carbocycles. The number of hydrogen-bond donors (Lipinski definition) is 1. The quantitative estimate of drug-likeness (QED) is 0.375. The summed E-state index contributed by atoms with van der Waals surface area (Å²) in [5, 5.41) is 5.78. The Kier molecular flexibility index (Phi) is 4.35. The molecule has 0 aliphatic heterocycles. The van der Waals surface area contributed by atoms with Gasteiger partial charge in [-0.15, -0.1) is 0 Å². The van der Waals surface area contributed by atoms with E-state index < -0.39 is 44.1 Å². The molecule has 1 rings (SSSR count). The minimum atomic E-state index is -5.72. The molecule has 0 heterocycles. The molecule has 110 valence electrons. The molecule has 0 atom stereocenters.